The Bertz CT molecular complexity index is 682. The Hall–Kier alpha value is -2.11. The van der Waals surface area contributed by atoms with Gasteiger partial charge in [-0.3, -0.25) is 14.4 Å². The molecule has 3 rings (SSSR count). The average molecular weight is 317 g/mol. The van der Waals surface area contributed by atoms with Gasteiger partial charge in [-0.25, -0.2) is 0 Å². The van der Waals surface area contributed by atoms with Crippen LogP contribution in [0.25, 0.3) is 0 Å². The Morgan fingerprint density at radius 1 is 1.30 bits per heavy atom. The first kappa shape index (κ1) is 15.8. The van der Waals surface area contributed by atoms with Crippen molar-refractivity contribution in [2.75, 3.05) is 13.1 Å². The second kappa shape index (κ2) is 6.18. The van der Waals surface area contributed by atoms with E-state index in [1.54, 1.807) is 12.1 Å². The normalized spacial score (nSPS) is 23.8. The van der Waals surface area contributed by atoms with E-state index in [1.165, 1.54) is 6.92 Å². The van der Waals surface area contributed by atoms with E-state index in [9.17, 15) is 14.4 Å². The topological polar surface area (TPSA) is 71.4 Å². The molecular weight excluding hydrogens is 294 g/mol. The molecule has 0 aromatic carbocycles. The molecule has 6 heteroatoms. The third-order valence-electron chi connectivity index (χ3n) is 4.88. The van der Waals surface area contributed by atoms with E-state index in [0.717, 1.165) is 12.1 Å². The first-order valence-corrected chi connectivity index (χ1v) is 8.25. The molecular formula is C17H23N3O3. The van der Waals surface area contributed by atoms with Crippen LogP contribution in [0.5, 0.6) is 0 Å². The highest BCUT2D eigenvalue weighted by molar-refractivity contribution is 5.87. The third-order valence-corrected chi connectivity index (χ3v) is 4.88. The van der Waals surface area contributed by atoms with Crippen molar-refractivity contribution in [3.05, 3.63) is 34.2 Å². The minimum Gasteiger partial charge on any atom is -0.345 e. The Balaban J connectivity index is 1.81. The zero-order chi connectivity index (χ0) is 16.6. The smallest absolute Gasteiger partial charge is 0.250 e. The molecule has 23 heavy (non-hydrogen) atoms. The zero-order valence-corrected chi connectivity index (χ0v) is 13.6. The fourth-order valence-corrected chi connectivity index (χ4v) is 3.88. The number of carbonyl (C=O) groups excluding carboxylic acids is 2. The van der Waals surface area contributed by atoms with Crippen molar-refractivity contribution in [3.63, 3.8) is 0 Å². The molecule has 2 bridgehead atoms. The number of nitrogens with zero attached hydrogens (tertiary/aromatic N) is 2. The Kier molecular flexibility index (Phi) is 4.24. The van der Waals surface area contributed by atoms with Crippen molar-refractivity contribution in [1.29, 1.82) is 0 Å². The van der Waals surface area contributed by atoms with Crippen LogP contribution >= 0.6 is 0 Å². The summed E-state index contributed by atoms with van der Waals surface area (Å²) in [7, 11) is 0. The highest BCUT2D eigenvalue weighted by Crippen LogP contribution is 2.35. The lowest BCUT2D eigenvalue weighted by atomic mass is 9.83. The quantitative estimate of drug-likeness (QED) is 0.892. The first-order valence-electron chi connectivity index (χ1n) is 8.25. The van der Waals surface area contributed by atoms with E-state index in [4.69, 9.17) is 0 Å². The van der Waals surface area contributed by atoms with Gasteiger partial charge in [0.2, 0.25) is 11.8 Å². The number of aromatic nitrogens is 1. The van der Waals surface area contributed by atoms with Crippen molar-refractivity contribution >= 4 is 11.8 Å². The molecule has 2 aliphatic rings. The predicted molar refractivity (Wildman–Crippen MR) is 86.0 cm³/mol. The zero-order valence-electron chi connectivity index (χ0n) is 13.6. The molecule has 1 N–H and O–H groups in total. The van der Waals surface area contributed by atoms with Gasteiger partial charge in [-0.15, -0.1) is 0 Å². The highest BCUT2D eigenvalue weighted by atomic mass is 16.2. The first-order chi connectivity index (χ1) is 11.0. The van der Waals surface area contributed by atoms with Gasteiger partial charge < -0.3 is 14.8 Å². The molecule has 3 heterocycles. The van der Waals surface area contributed by atoms with Crippen LogP contribution in [-0.2, 0) is 16.1 Å². The van der Waals surface area contributed by atoms with Gasteiger partial charge in [-0.05, 0) is 24.8 Å². The number of piperidine rings is 1. The SMILES string of the molecule is CCC(NC(C)=O)C(=O)N1C[C@@H]2C[C@@H](C1)c1cccc(=O)n1C2. The molecule has 0 aliphatic carbocycles. The summed E-state index contributed by atoms with van der Waals surface area (Å²) in [4.78, 5) is 37.9. The number of hydrogen-bond donors (Lipinski definition) is 1. The van der Waals surface area contributed by atoms with Gasteiger partial charge >= 0.3 is 0 Å². The molecule has 6 nitrogen and oxygen atoms in total. The molecule has 0 spiro atoms. The van der Waals surface area contributed by atoms with Crippen LogP contribution in [-0.4, -0.2) is 40.4 Å². The summed E-state index contributed by atoms with van der Waals surface area (Å²) in [6.07, 6.45) is 1.60. The Morgan fingerprint density at radius 2 is 2.09 bits per heavy atom. The van der Waals surface area contributed by atoms with Crippen molar-refractivity contribution < 1.29 is 9.59 Å². The van der Waals surface area contributed by atoms with E-state index in [2.05, 4.69) is 5.32 Å². The lowest BCUT2D eigenvalue weighted by Gasteiger charge is -2.43. The summed E-state index contributed by atoms with van der Waals surface area (Å²) in [5, 5.41) is 2.74. The molecule has 1 saturated heterocycles. The lowest BCUT2D eigenvalue weighted by Crippen LogP contribution is -2.54. The summed E-state index contributed by atoms with van der Waals surface area (Å²) in [5.41, 5.74) is 1.07. The van der Waals surface area contributed by atoms with Crippen LogP contribution in [0.2, 0.25) is 0 Å². The number of rotatable bonds is 3. The summed E-state index contributed by atoms with van der Waals surface area (Å²) < 4.78 is 1.85. The van der Waals surface area contributed by atoms with E-state index in [1.807, 2.05) is 22.5 Å². The van der Waals surface area contributed by atoms with Crippen LogP contribution in [0.3, 0.4) is 0 Å². The van der Waals surface area contributed by atoms with E-state index in [0.29, 0.717) is 32.0 Å². The molecule has 1 unspecified atom stereocenters. The fraction of sp³-hybridized carbons (Fsp3) is 0.588. The summed E-state index contributed by atoms with van der Waals surface area (Å²) in [6, 6.07) is 4.92. The molecule has 1 aromatic rings. The second-order valence-corrected chi connectivity index (χ2v) is 6.60. The maximum atomic E-state index is 12.7. The Labute approximate surface area is 135 Å². The van der Waals surface area contributed by atoms with Crippen LogP contribution in [0.15, 0.2) is 23.0 Å². The number of pyridine rings is 1. The molecule has 1 fully saturated rings. The fourth-order valence-electron chi connectivity index (χ4n) is 3.88. The molecule has 0 radical (unpaired) electrons. The molecule has 124 valence electrons. The molecule has 2 amide bonds. The van der Waals surface area contributed by atoms with E-state index in [-0.39, 0.29) is 23.3 Å². The molecule has 0 saturated carbocycles. The summed E-state index contributed by atoms with van der Waals surface area (Å²) in [5.74, 6) is 0.318. The summed E-state index contributed by atoms with van der Waals surface area (Å²) >= 11 is 0. The van der Waals surface area contributed by atoms with Crippen LogP contribution in [0.4, 0.5) is 0 Å². The number of nitrogens with one attached hydrogen (secondary N) is 1. The number of amides is 2. The molecule has 1 aromatic heterocycles. The second-order valence-electron chi connectivity index (χ2n) is 6.60. The number of likely N-dealkylation sites (tertiary alicyclic amines) is 1. The van der Waals surface area contributed by atoms with Crippen molar-refractivity contribution in [3.8, 4) is 0 Å². The third kappa shape index (κ3) is 3.02. The number of carbonyl (C=O) groups is 2. The lowest BCUT2D eigenvalue weighted by molar-refractivity contribution is -0.138. The minimum absolute atomic E-state index is 0.0101. The van der Waals surface area contributed by atoms with Gasteiger partial charge in [0.25, 0.3) is 5.56 Å². The maximum absolute atomic E-state index is 12.7. The van der Waals surface area contributed by atoms with Crippen molar-refractivity contribution in [1.82, 2.24) is 14.8 Å². The van der Waals surface area contributed by atoms with E-state index >= 15 is 0 Å². The van der Waals surface area contributed by atoms with Crippen LogP contribution in [0.1, 0.15) is 38.3 Å². The summed E-state index contributed by atoms with van der Waals surface area (Å²) in [6.45, 7) is 5.29. The van der Waals surface area contributed by atoms with E-state index < -0.39 is 6.04 Å². The number of hydrogen-bond acceptors (Lipinski definition) is 3. The largest absolute Gasteiger partial charge is 0.345 e. The predicted octanol–water partition coefficient (Wildman–Crippen LogP) is 0.709. The monoisotopic (exact) mass is 317 g/mol. The van der Waals surface area contributed by atoms with Crippen LogP contribution in [0, 0.1) is 5.92 Å². The van der Waals surface area contributed by atoms with Gasteiger partial charge in [-0.1, -0.05) is 13.0 Å². The Morgan fingerprint density at radius 3 is 2.78 bits per heavy atom. The standard InChI is InChI=1S/C17H23N3O3/c1-3-14(18-11(2)21)17(23)19-8-12-7-13(10-19)15-5-4-6-16(22)20(15)9-12/h4-6,12-14H,3,7-10H2,1-2H3,(H,18,21)/t12-,13-,14?/m0/s1. The average Bonchev–Trinajstić information content (AvgIpc) is 2.52. The molecule has 2 aliphatic heterocycles. The maximum Gasteiger partial charge on any atom is 0.250 e. The van der Waals surface area contributed by atoms with Gasteiger partial charge in [0, 0.05) is 44.2 Å². The van der Waals surface area contributed by atoms with Gasteiger partial charge in [0.05, 0.1) is 0 Å². The molecule has 3 atom stereocenters. The minimum atomic E-state index is -0.454. The van der Waals surface area contributed by atoms with Crippen molar-refractivity contribution in [2.24, 2.45) is 5.92 Å². The van der Waals surface area contributed by atoms with Gasteiger partial charge in [-0.2, -0.15) is 0 Å². The van der Waals surface area contributed by atoms with Crippen LogP contribution < -0.4 is 10.9 Å². The van der Waals surface area contributed by atoms with Gasteiger partial charge in [0.1, 0.15) is 6.04 Å². The highest BCUT2D eigenvalue weighted by Gasteiger charge is 2.37. The van der Waals surface area contributed by atoms with Crippen molar-refractivity contribution in [2.45, 2.75) is 45.2 Å². The number of fused-ring (bicyclic) bond motifs is 4. The van der Waals surface area contributed by atoms with Gasteiger partial charge in [0.15, 0.2) is 0 Å².